The summed E-state index contributed by atoms with van der Waals surface area (Å²) in [6.07, 6.45) is -5.76. The van der Waals surface area contributed by atoms with Crippen LogP contribution in [0.2, 0.25) is 5.15 Å². The summed E-state index contributed by atoms with van der Waals surface area (Å²) in [5, 5.41) is 8.69. The lowest BCUT2D eigenvalue weighted by atomic mass is 10.1. The van der Waals surface area contributed by atoms with Gasteiger partial charge in [0.05, 0.1) is 5.56 Å². The lowest BCUT2D eigenvalue weighted by Gasteiger charge is -2.11. The van der Waals surface area contributed by atoms with Crippen molar-refractivity contribution in [3.63, 3.8) is 0 Å². The van der Waals surface area contributed by atoms with Crippen molar-refractivity contribution in [2.24, 2.45) is 0 Å². The van der Waals surface area contributed by atoms with Crippen molar-refractivity contribution >= 4 is 11.6 Å². The van der Waals surface area contributed by atoms with E-state index in [1.807, 2.05) is 0 Å². The Hall–Kier alpha value is -0.880. The monoisotopic (exact) mass is 243 g/mol. The molecule has 1 N–H and O–H groups in total. The average molecular weight is 244 g/mol. The molecule has 0 aromatic carbocycles. The van der Waals surface area contributed by atoms with Gasteiger partial charge in [0.15, 0.2) is 0 Å². The third-order valence-electron chi connectivity index (χ3n) is 1.70. The molecule has 0 saturated carbocycles. The van der Waals surface area contributed by atoms with E-state index in [9.17, 15) is 17.6 Å². The first-order valence-corrected chi connectivity index (χ1v) is 4.20. The van der Waals surface area contributed by atoms with Crippen LogP contribution in [0.4, 0.5) is 17.6 Å². The van der Waals surface area contributed by atoms with Crippen molar-refractivity contribution in [2.45, 2.75) is 12.3 Å². The Labute approximate surface area is 87.5 Å². The maximum atomic E-state index is 12.2. The maximum absolute atomic E-state index is 12.2. The van der Waals surface area contributed by atoms with Crippen LogP contribution in [-0.2, 0) is 6.18 Å². The van der Waals surface area contributed by atoms with E-state index in [1.54, 1.807) is 0 Å². The van der Waals surface area contributed by atoms with Gasteiger partial charge in [0.2, 0.25) is 0 Å². The molecule has 0 amide bonds. The van der Waals surface area contributed by atoms with E-state index in [1.165, 1.54) is 0 Å². The SMILES string of the molecule is OC(CF)c1cc(C(F)(F)F)cnc1Cl. The van der Waals surface area contributed by atoms with Gasteiger partial charge in [-0.05, 0) is 6.07 Å². The number of pyridine rings is 1. The fourth-order valence-electron chi connectivity index (χ4n) is 0.937. The van der Waals surface area contributed by atoms with Crippen LogP contribution in [0, 0.1) is 0 Å². The Morgan fingerprint density at radius 1 is 1.47 bits per heavy atom. The molecule has 7 heteroatoms. The molecule has 0 aliphatic rings. The minimum Gasteiger partial charge on any atom is -0.386 e. The first-order valence-electron chi connectivity index (χ1n) is 3.83. The summed E-state index contributed by atoms with van der Waals surface area (Å²) in [5.41, 5.74) is -1.44. The summed E-state index contributed by atoms with van der Waals surface area (Å²) in [6, 6.07) is 0.583. The summed E-state index contributed by atoms with van der Waals surface area (Å²) in [5.74, 6) is 0. The summed E-state index contributed by atoms with van der Waals surface area (Å²) in [7, 11) is 0. The average Bonchev–Trinajstić information content (AvgIpc) is 2.15. The van der Waals surface area contributed by atoms with Crippen LogP contribution in [0.25, 0.3) is 0 Å². The Kier molecular flexibility index (Phi) is 3.51. The van der Waals surface area contributed by atoms with Crippen LogP contribution in [0.3, 0.4) is 0 Å². The van der Waals surface area contributed by atoms with Gasteiger partial charge in [-0.15, -0.1) is 0 Å². The van der Waals surface area contributed by atoms with E-state index in [4.69, 9.17) is 16.7 Å². The van der Waals surface area contributed by atoms with Crippen molar-refractivity contribution in [2.75, 3.05) is 6.67 Å². The number of nitrogens with zero attached hydrogens (tertiary/aromatic N) is 1. The quantitative estimate of drug-likeness (QED) is 0.640. The van der Waals surface area contributed by atoms with Gasteiger partial charge in [0.25, 0.3) is 0 Å². The number of alkyl halides is 4. The van der Waals surface area contributed by atoms with E-state index in [0.717, 1.165) is 0 Å². The molecule has 0 spiro atoms. The fourth-order valence-corrected chi connectivity index (χ4v) is 1.17. The van der Waals surface area contributed by atoms with Gasteiger partial charge in [-0.25, -0.2) is 9.37 Å². The van der Waals surface area contributed by atoms with Crippen LogP contribution in [-0.4, -0.2) is 16.8 Å². The summed E-state index contributed by atoms with van der Waals surface area (Å²) >= 11 is 5.41. The van der Waals surface area contributed by atoms with Crippen molar-refractivity contribution in [1.29, 1.82) is 0 Å². The first kappa shape index (κ1) is 12.2. The Morgan fingerprint density at radius 2 is 2.07 bits per heavy atom. The van der Waals surface area contributed by atoms with Crippen LogP contribution in [0.1, 0.15) is 17.2 Å². The number of rotatable bonds is 2. The van der Waals surface area contributed by atoms with Gasteiger partial charge in [0, 0.05) is 11.8 Å². The lowest BCUT2D eigenvalue weighted by Crippen LogP contribution is -2.09. The molecule has 0 aliphatic carbocycles. The molecule has 0 fully saturated rings. The second-order valence-corrected chi connectivity index (χ2v) is 3.13. The standard InChI is InChI=1S/C8H6ClF4NO/c9-7-5(6(15)2-10)1-4(3-14-7)8(11,12)13/h1,3,6,15H,2H2. The molecule has 1 aromatic rings. The summed E-state index contributed by atoms with van der Waals surface area (Å²) in [4.78, 5) is 3.23. The third kappa shape index (κ3) is 2.79. The zero-order valence-corrected chi connectivity index (χ0v) is 7.98. The predicted octanol–water partition coefficient (Wildman–Crippen LogP) is 2.76. The first-order chi connectivity index (χ1) is 6.86. The number of hydrogen-bond acceptors (Lipinski definition) is 2. The minimum absolute atomic E-state index is 0.340. The minimum atomic E-state index is -4.59. The molecule has 1 aromatic heterocycles. The lowest BCUT2D eigenvalue weighted by molar-refractivity contribution is -0.137. The number of hydrogen-bond donors (Lipinski definition) is 1. The van der Waals surface area contributed by atoms with Crippen molar-refractivity contribution in [1.82, 2.24) is 4.98 Å². The highest BCUT2D eigenvalue weighted by Crippen LogP contribution is 2.32. The number of aliphatic hydroxyl groups excluding tert-OH is 1. The highest BCUT2D eigenvalue weighted by atomic mass is 35.5. The number of aliphatic hydroxyl groups is 1. The van der Waals surface area contributed by atoms with Crippen LogP contribution >= 0.6 is 11.6 Å². The molecular formula is C8H6ClF4NO. The second kappa shape index (κ2) is 4.32. The van der Waals surface area contributed by atoms with Crippen LogP contribution in [0.5, 0.6) is 0 Å². The maximum Gasteiger partial charge on any atom is 0.417 e. The van der Waals surface area contributed by atoms with Crippen molar-refractivity contribution < 1.29 is 22.7 Å². The molecule has 2 nitrogen and oxygen atoms in total. The third-order valence-corrected chi connectivity index (χ3v) is 2.01. The van der Waals surface area contributed by atoms with Gasteiger partial charge in [0.1, 0.15) is 17.9 Å². The van der Waals surface area contributed by atoms with Crippen molar-refractivity contribution in [3.05, 3.63) is 28.5 Å². The predicted molar refractivity (Wildman–Crippen MR) is 45.2 cm³/mol. The molecular weight excluding hydrogens is 238 g/mol. The van der Waals surface area contributed by atoms with Crippen LogP contribution in [0.15, 0.2) is 12.3 Å². The molecule has 0 radical (unpaired) electrons. The molecule has 84 valence electrons. The highest BCUT2D eigenvalue weighted by molar-refractivity contribution is 6.30. The molecule has 1 atom stereocenters. The Bertz CT molecular complexity index is 355. The highest BCUT2D eigenvalue weighted by Gasteiger charge is 2.32. The molecule has 1 rings (SSSR count). The molecule has 0 saturated heterocycles. The Balaban J connectivity index is 3.17. The van der Waals surface area contributed by atoms with Gasteiger partial charge in [-0.2, -0.15) is 13.2 Å². The fraction of sp³-hybridized carbons (Fsp3) is 0.375. The number of aromatic nitrogens is 1. The van der Waals surface area contributed by atoms with Gasteiger partial charge in [-0.3, -0.25) is 0 Å². The topological polar surface area (TPSA) is 33.1 Å². The van der Waals surface area contributed by atoms with E-state index in [0.29, 0.717) is 12.3 Å². The molecule has 15 heavy (non-hydrogen) atoms. The van der Waals surface area contributed by atoms with Gasteiger partial charge >= 0.3 is 6.18 Å². The van der Waals surface area contributed by atoms with Gasteiger partial charge in [-0.1, -0.05) is 11.6 Å². The van der Waals surface area contributed by atoms with E-state index >= 15 is 0 Å². The molecule has 1 unspecified atom stereocenters. The summed E-state index contributed by atoms with van der Waals surface area (Å²) in [6.45, 7) is -1.22. The summed E-state index contributed by atoms with van der Waals surface area (Å²) < 4.78 is 48.7. The normalized spacial score (nSPS) is 14.0. The van der Waals surface area contributed by atoms with E-state index < -0.39 is 24.5 Å². The second-order valence-electron chi connectivity index (χ2n) is 2.77. The van der Waals surface area contributed by atoms with E-state index in [-0.39, 0.29) is 10.7 Å². The largest absolute Gasteiger partial charge is 0.417 e. The molecule has 0 aliphatic heterocycles. The molecule has 0 bridgehead atoms. The molecule has 1 heterocycles. The van der Waals surface area contributed by atoms with E-state index in [2.05, 4.69) is 4.98 Å². The van der Waals surface area contributed by atoms with Crippen LogP contribution < -0.4 is 0 Å². The van der Waals surface area contributed by atoms with Gasteiger partial charge < -0.3 is 5.11 Å². The zero-order valence-electron chi connectivity index (χ0n) is 7.22. The van der Waals surface area contributed by atoms with Crippen molar-refractivity contribution in [3.8, 4) is 0 Å². The zero-order chi connectivity index (χ0) is 11.6. The smallest absolute Gasteiger partial charge is 0.386 e. The Morgan fingerprint density at radius 3 is 2.53 bits per heavy atom. The number of halogens is 5.